The van der Waals surface area contributed by atoms with Crippen molar-refractivity contribution in [3.63, 3.8) is 0 Å². The molecule has 0 bridgehead atoms. The van der Waals surface area contributed by atoms with Crippen molar-refractivity contribution in [2.45, 2.75) is 24.8 Å². The molecule has 1 aromatic carbocycles. The zero-order chi connectivity index (χ0) is 20.2. The topological polar surface area (TPSA) is 101 Å². The van der Waals surface area contributed by atoms with Crippen molar-refractivity contribution in [3.8, 4) is 22.6 Å². The lowest BCUT2D eigenvalue weighted by Crippen LogP contribution is -2.66. The third kappa shape index (κ3) is 3.03. The maximum absolute atomic E-state index is 13.6. The molecule has 0 amide bonds. The highest BCUT2D eigenvalue weighted by atomic mass is 19.1. The Morgan fingerprint density at radius 2 is 2.14 bits per heavy atom. The molecular formula is C22H20FN3O3. The predicted octanol–water partition coefficient (Wildman–Crippen LogP) is 2.79. The summed E-state index contributed by atoms with van der Waals surface area (Å²) in [6.45, 7) is 1.25. The fourth-order valence-electron chi connectivity index (χ4n) is 4.20. The van der Waals surface area contributed by atoms with E-state index in [4.69, 9.17) is 10.2 Å². The van der Waals surface area contributed by atoms with Gasteiger partial charge in [-0.3, -0.25) is 4.98 Å². The number of nitrogens with one attached hydrogen (secondary N) is 1. The Morgan fingerprint density at radius 3 is 2.83 bits per heavy atom. The Labute approximate surface area is 166 Å². The van der Waals surface area contributed by atoms with Crippen molar-refractivity contribution >= 4 is 5.97 Å². The van der Waals surface area contributed by atoms with Gasteiger partial charge in [0.05, 0.1) is 5.69 Å². The first-order valence-corrected chi connectivity index (χ1v) is 9.56. The number of aromatic carboxylic acids is 1. The summed E-state index contributed by atoms with van der Waals surface area (Å²) in [5.74, 6) is -0.347. The number of fused-ring (bicyclic) bond motifs is 3. The molecular weight excluding hydrogens is 373 g/mol. The van der Waals surface area contributed by atoms with Gasteiger partial charge >= 0.3 is 5.97 Å². The van der Waals surface area contributed by atoms with Crippen LogP contribution in [0.25, 0.3) is 22.6 Å². The van der Waals surface area contributed by atoms with E-state index in [0.29, 0.717) is 60.7 Å². The molecule has 3 heterocycles. The van der Waals surface area contributed by atoms with Crippen LogP contribution in [0.2, 0.25) is 0 Å². The first-order chi connectivity index (χ1) is 13.9. The van der Waals surface area contributed by atoms with Crippen LogP contribution in [0.4, 0.5) is 4.39 Å². The largest absolute Gasteiger partial charge is 0.478 e. The van der Waals surface area contributed by atoms with Crippen LogP contribution in [-0.4, -0.2) is 34.7 Å². The van der Waals surface area contributed by atoms with Gasteiger partial charge in [-0.25, -0.2) is 9.18 Å². The Morgan fingerprint density at radius 1 is 1.31 bits per heavy atom. The summed E-state index contributed by atoms with van der Waals surface area (Å²) in [6.07, 6.45) is 3.38. The third-order valence-electron chi connectivity index (χ3n) is 5.76. The van der Waals surface area contributed by atoms with E-state index < -0.39 is 11.5 Å². The van der Waals surface area contributed by atoms with Crippen molar-refractivity contribution in [1.29, 1.82) is 0 Å². The Hall–Kier alpha value is -3.03. The highest BCUT2D eigenvalue weighted by molar-refractivity contribution is 5.94. The minimum absolute atomic E-state index is 0.228. The molecule has 4 N–H and O–H groups in total. The number of rotatable bonds is 4. The summed E-state index contributed by atoms with van der Waals surface area (Å²) < 4.78 is 19.8. The van der Waals surface area contributed by atoms with Crippen molar-refractivity contribution < 1.29 is 18.7 Å². The molecule has 0 radical (unpaired) electrons. The van der Waals surface area contributed by atoms with Crippen LogP contribution >= 0.6 is 0 Å². The fourth-order valence-corrected chi connectivity index (χ4v) is 4.20. The first-order valence-electron chi connectivity index (χ1n) is 9.56. The van der Waals surface area contributed by atoms with E-state index in [1.54, 1.807) is 18.3 Å². The van der Waals surface area contributed by atoms with E-state index in [2.05, 4.69) is 10.3 Å². The summed E-state index contributed by atoms with van der Waals surface area (Å²) in [6, 6.07) is 8.09. The molecule has 0 saturated carbocycles. The van der Waals surface area contributed by atoms with Gasteiger partial charge in [-0.1, -0.05) is 12.1 Å². The molecule has 0 spiro atoms. The molecule has 29 heavy (non-hydrogen) atoms. The van der Waals surface area contributed by atoms with E-state index in [-0.39, 0.29) is 11.4 Å². The smallest absolute Gasteiger partial charge is 0.339 e. The number of carboxylic acids is 1. The monoisotopic (exact) mass is 393 g/mol. The fraction of sp³-hybridized carbons (Fsp3) is 0.273. The zero-order valence-corrected chi connectivity index (χ0v) is 15.7. The van der Waals surface area contributed by atoms with E-state index in [0.717, 1.165) is 11.1 Å². The molecule has 148 valence electrons. The van der Waals surface area contributed by atoms with Crippen molar-refractivity contribution in [1.82, 2.24) is 10.3 Å². The Bertz CT molecular complexity index is 1130. The zero-order valence-electron chi connectivity index (χ0n) is 15.7. The number of hydrogen-bond donors (Lipinski definition) is 3. The summed E-state index contributed by atoms with van der Waals surface area (Å²) in [4.78, 5) is 16.5. The molecule has 2 aliphatic rings. The summed E-state index contributed by atoms with van der Waals surface area (Å²) in [5, 5.41) is 13.0. The van der Waals surface area contributed by atoms with Gasteiger partial charge in [0.2, 0.25) is 0 Å². The van der Waals surface area contributed by atoms with Gasteiger partial charge in [-0.05, 0) is 36.6 Å². The number of hydrogen-bond acceptors (Lipinski definition) is 5. The van der Waals surface area contributed by atoms with Crippen LogP contribution in [0.3, 0.4) is 0 Å². The molecule has 2 aromatic heterocycles. The lowest BCUT2D eigenvalue weighted by Gasteiger charge is -2.38. The number of halogens is 1. The summed E-state index contributed by atoms with van der Waals surface area (Å²) in [5.41, 5.74) is 9.83. The molecule has 6 nitrogen and oxygen atoms in total. The minimum Gasteiger partial charge on any atom is -0.478 e. The number of aromatic nitrogens is 1. The number of nitrogens with two attached hydrogens (primary N) is 1. The van der Waals surface area contributed by atoms with Crippen LogP contribution in [0.5, 0.6) is 0 Å². The maximum atomic E-state index is 13.6. The molecule has 7 heteroatoms. The van der Waals surface area contributed by atoms with Gasteiger partial charge in [0, 0.05) is 47.9 Å². The number of pyridine rings is 1. The van der Waals surface area contributed by atoms with Gasteiger partial charge in [0.25, 0.3) is 0 Å². The predicted molar refractivity (Wildman–Crippen MR) is 105 cm³/mol. The van der Waals surface area contributed by atoms with Gasteiger partial charge in [-0.15, -0.1) is 0 Å². The maximum Gasteiger partial charge on any atom is 0.339 e. The van der Waals surface area contributed by atoms with Crippen LogP contribution in [0.15, 0.2) is 40.9 Å². The summed E-state index contributed by atoms with van der Waals surface area (Å²) >= 11 is 0. The number of benzene rings is 1. The second kappa shape index (κ2) is 6.50. The molecule has 3 aromatic rings. The summed E-state index contributed by atoms with van der Waals surface area (Å²) in [7, 11) is 0. The van der Waals surface area contributed by atoms with Gasteiger partial charge < -0.3 is 20.6 Å². The lowest BCUT2D eigenvalue weighted by atomic mass is 9.85. The number of carboxylic acid groups (broad SMARTS) is 1. The van der Waals surface area contributed by atoms with Crippen molar-refractivity contribution in [2.75, 3.05) is 13.1 Å². The van der Waals surface area contributed by atoms with Crippen LogP contribution in [-0.2, 0) is 19.3 Å². The SMILES string of the molecule is NC1(Cc2oc3c(c2C(=O)O)CCc2cnc(-c4cccc(F)c4)cc2-3)CNC1. The average molecular weight is 393 g/mol. The average Bonchev–Trinajstić information content (AvgIpc) is 3.04. The molecule has 1 aliphatic carbocycles. The number of aryl methyl sites for hydroxylation is 1. The molecule has 1 saturated heterocycles. The number of furan rings is 1. The van der Waals surface area contributed by atoms with E-state index in [1.807, 2.05) is 6.07 Å². The van der Waals surface area contributed by atoms with Gasteiger partial charge in [-0.2, -0.15) is 0 Å². The van der Waals surface area contributed by atoms with Gasteiger partial charge in [0.15, 0.2) is 0 Å². The Kier molecular flexibility index (Phi) is 4.04. The van der Waals surface area contributed by atoms with Crippen LogP contribution < -0.4 is 11.1 Å². The van der Waals surface area contributed by atoms with E-state index in [9.17, 15) is 14.3 Å². The van der Waals surface area contributed by atoms with Crippen molar-refractivity contribution in [3.05, 3.63) is 64.8 Å². The number of carbonyl (C=O) groups is 1. The van der Waals surface area contributed by atoms with Crippen molar-refractivity contribution in [2.24, 2.45) is 5.73 Å². The quantitative estimate of drug-likeness (QED) is 0.630. The van der Waals surface area contributed by atoms with Crippen LogP contribution in [0.1, 0.15) is 27.2 Å². The molecule has 0 unspecified atom stereocenters. The molecule has 1 fully saturated rings. The molecule has 0 atom stereocenters. The highest BCUT2D eigenvalue weighted by Gasteiger charge is 2.38. The second-order valence-electron chi connectivity index (χ2n) is 7.89. The standard InChI is InChI=1S/C22H20FN3O3/c23-14-3-1-2-12(6-14)17-7-16-13(9-26-17)4-5-15-19(21(27)28)18(29-20(15)16)8-22(24)10-25-11-22/h1-3,6-7,9,25H,4-5,8,10-11,24H2,(H,27,28). The Balaban J connectivity index is 1.63. The highest BCUT2D eigenvalue weighted by Crippen LogP contribution is 2.40. The minimum atomic E-state index is -0.997. The second-order valence-corrected chi connectivity index (χ2v) is 7.89. The molecule has 5 rings (SSSR count). The van der Waals surface area contributed by atoms with E-state index in [1.165, 1.54) is 12.1 Å². The molecule has 1 aliphatic heterocycles. The lowest BCUT2D eigenvalue weighted by molar-refractivity contribution is 0.0692. The number of nitrogens with zero attached hydrogens (tertiary/aromatic N) is 1. The first kappa shape index (κ1) is 18.0. The van der Waals surface area contributed by atoms with Crippen LogP contribution in [0, 0.1) is 5.82 Å². The van der Waals surface area contributed by atoms with Gasteiger partial charge in [0.1, 0.15) is 22.9 Å². The van der Waals surface area contributed by atoms with E-state index >= 15 is 0 Å². The normalized spacial score (nSPS) is 16.6. The third-order valence-corrected chi connectivity index (χ3v) is 5.76.